The zero-order valence-electron chi connectivity index (χ0n) is 7.07. The van der Waals surface area contributed by atoms with E-state index in [0.29, 0.717) is 0 Å². The molecule has 0 spiro atoms. The molecule has 0 aliphatic carbocycles. The summed E-state index contributed by atoms with van der Waals surface area (Å²) in [5.41, 5.74) is 8.38. The van der Waals surface area contributed by atoms with Gasteiger partial charge in [-0.15, -0.1) is 0 Å². The van der Waals surface area contributed by atoms with Crippen molar-refractivity contribution < 1.29 is 0 Å². The molecular weight excluding hydrogens is 160 g/mol. The Hall–Kier alpha value is -1.83. The number of hydrogen-bond acceptors (Lipinski definition) is 2. The van der Waals surface area contributed by atoms with Crippen molar-refractivity contribution in [3.63, 3.8) is 0 Å². The average molecular weight is 169 g/mol. The number of hydrogen-bond donors (Lipinski definition) is 1. The standard InChI is InChI=1S/C11H9N2/c12-10-5-3-4-9(8-10)11-6-1-2-7-13-11/h1,3-8H,12H2. The van der Waals surface area contributed by atoms with Gasteiger partial charge < -0.3 is 5.73 Å². The Morgan fingerprint density at radius 1 is 1.23 bits per heavy atom. The van der Waals surface area contributed by atoms with Crippen molar-refractivity contribution in [2.24, 2.45) is 0 Å². The minimum atomic E-state index is 0.757. The van der Waals surface area contributed by atoms with Crippen LogP contribution in [0.4, 0.5) is 5.69 Å². The Kier molecular flexibility index (Phi) is 1.96. The quantitative estimate of drug-likeness (QED) is 0.664. The van der Waals surface area contributed by atoms with Gasteiger partial charge in [0.05, 0.1) is 5.69 Å². The predicted octanol–water partition coefficient (Wildman–Crippen LogP) is 2.13. The first-order valence-corrected chi connectivity index (χ1v) is 4.04. The van der Waals surface area contributed by atoms with Gasteiger partial charge in [-0.3, -0.25) is 4.98 Å². The molecule has 0 aliphatic heterocycles. The summed E-state index contributed by atoms with van der Waals surface area (Å²) < 4.78 is 0. The zero-order chi connectivity index (χ0) is 9.10. The molecule has 2 nitrogen and oxygen atoms in total. The van der Waals surface area contributed by atoms with Gasteiger partial charge in [0.15, 0.2) is 0 Å². The molecule has 1 heterocycles. The third kappa shape index (κ3) is 1.67. The molecule has 1 radical (unpaired) electrons. The van der Waals surface area contributed by atoms with Crippen molar-refractivity contribution in [2.45, 2.75) is 0 Å². The van der Waals surface area contributed by atoms with Crippen molar-refractivity contribution in [3.05, 3.63) is 48.7 Å². The largest absolute Gasteiger partial charge is 0.399 e. The maximum Gasteiger partial charge on any atom is 0.0703 e. The molecule has 0 amide bonds. The number of nitrogens with two attached hydrogens (primary N) is 1. The third-order valence-corrected chi connectivity index (χ3v) is 1.80. The van der Waals surface area contributed by atoms with E-state index in [2.05, 4.69) is 11.1 Å². The Morgan fingerprint density at radius 3 is 2.85 bits per heavy atom. The van der Waals surface area contributed by atoms with Gasteiger partial charge >= 0.3 is 0 Å². The fraction of sp³-hybridized carbons (Fsp3) is 0. The van der Waals surface area contributed by atoms with Gasteiger partial charge in [0, 0.05) is 23.5 Å². The monoisotopic (exact) mass is 169 g/mol. The van der Waals surface area contributed by atoms with Crippen LogP contribution in [0.5, 0.6) is 0 Å². The summed E-state index contributed by atoms with van der Waals surface area (Å²) in [5.74, 6) is 0. The second kappa shape index (κ2) is 3.27. The summed E-state index contributed by atoms with van der Waals surface area (Å²) in [4.78, 5) is 4.18. The molecule has 0 unspecified atom stereocenters. The second-order valence-electron chi connectivity index (χ2n) is 2.77. The molecule has 0 fully saturated rings. The first-order valence-electron chi connectivity index (χ1n) is 4.04. The minimum absolute atomic E-state index is 0.757. The van der Waals surface area contributed by atoms with E-state index in [9.17, 15) is 0 Å². The molecule has 0 bridgehead atoms. The summed E-state index contributed by atoms with van der Waals surface area (Å²) in [6, 6.07) is 14.3. The molecule has 0 saturated heterocycles. The van der Waals surface area contributed by atoms with E-state index >= 15 is 0 Å². The smallest absolute Gasteiger partial charge is 0.0703 e. The van der Waals surface area contributed by atoms with E-state index in [1.165, 1.54) is 0 Å². The highest BCUT2D eigenvalue weighted by Crippen LogP contribution is 2.17. The van der Waals surface area contributed by atoms with Crippen LogP contribution in [0, 0.1) is 6.07 Å². The maximum atomic E-state index is 5.66. The summed E-state index contributed by atoms with van der Waals surface area (Å²) in [6.45, 7) is 0. The molecule has 0 aliphatic rings. The highest BCUT2D eigenvalue weighted by atomic mass is 14.7. The van der Waals surface area contributed by atoms with Crippen molar-refractivity contribution >= 4 is 5.69 Å². The van der Waals surface area contributed by atoms with Crippen LogP contribution in [0.2, 0.25) is 0 Å². The van der Waals surface area contributed by atoms with Crippen LogP contribution >= 0.6 is 0 Å². The summed E-state index contributed by atoms with van der Waals surface area (Å²) >= 11 is 0. The Labute approximate surface area is 77.0 Å². The lowest BCUT2D eigenvalue weighted by Crippen LogP contribution is -1.86. The molecule has 1 aromatic heterocycles. The van der Waals surface area contributed by atoms with Crippen molar-refractivity contribution in [3.8, 4) is 11.3 Å². The Morgan fingerprint density at radius 2 is 2.15 bits per heavy atom. The van der Waals surface area contributed by atoms with E-state index < -0.39 is 0 Å². The number of benzene rings is 1. The van der Waals surface area contributed by atoms with E-state index in [0.717, 1.165) is 16.9 Å². The van der Waals surface area contributed by atoms with Gasteiger partial charge in [-0.25, -0.2) is 0 Å². The van der Waals surface area contributed by atoms with E-state index in [-0.39, 0.29) is 0 Å². The fourth-order valence-corrected chi connectivity index (χ4v) is 1.19. The van der Waals surface area contributed by atoms with Crippen LogP contribution in [0.1, 0.15) is 0 Å². The van der Waals surface area contributed by atoms with Gasteiger partial charge in [-0.05, 0) is 18.2 Å². The van der Waals surface area contributed by atoms with Crippen molar-refractivity contribution in [1.29, 1.82) is 0 Å². The van der Waals surface area contributed by atoms with Crippen LogP contribution in [-0.2, 0) is 0 Å². The molecule has 2 rings (SSSR count). The summed E-state index contributed by atoms with van der Waals surface area (Å²) in [7, 11) is 0. The number of nitrogen functional groups attached to an aromatic ring is 1. The molecule has 2 heteroatoms. The van der Waals surface area contributed by atoms with Crippen LogP contribution in [0.15, 0.2) is 42.6 Å². The first-order chi connectivity index (χ1) is 6.36. The second-order valence-corrected chi connectivity index (χ2v) is 2.77. The lowest BCUT2D eigenvalue weighted by atomic mass is 10.1. The normalized spacial score (nSPS) is 9.85. The minimum Gasteiger partial charge on any atom is -0.399 e. The molecule has 0 atom stereocenters. The van der Waals surface area contributed by atoms with Crippen LogP contribution in [-0.4, -0.2) is 4.98 Å². The Bertz CT molecular complexity index is 396. The highest BCUT2D eigenvalue weighted by Gasteiger charge is 1.96. The number of pyridine rings is 1. The number of anilines is 1. The molecule has 63 valence electrons. The predicted molar refractivity (Wildman–Crippen MR) is 52.9 cm³/mol. The highest BCUT2D eigenvalue weighted by molar-refractivity contribution is 5.63. The van der Waals surface area contributed by atoms with Gasteiger partial charge in [-0.1, -0.05) is 18.2 Å². The fourth-order valence-electron chi connectivity index (χ4n) is 1.19. The van der Waals surface area contributed by atoms with Crippen molar-refractivity contribution in [1.82, 2.24) is 4.98 Å². The average Bonchev–Trinajstić information content (AvgIpc) is 2.19. The van der Waals surface area contributed by atoms with E-state index in [4.69, 9.17) is 5.73 Å². The maximum absolute atomic E-state index is 5.66. The molecule has 13 heavy (non-hydrogen) atoms. The van der Waals surface area contributed by atoms with E-state index in [1.54, 1.807) is 6.20 Å². The SMILES string of the molecule is Nc1cccc(-c2cc[c]cn2)c1. The molecule has 0 saturated carbocycles. The zero-order valence-corrected chi connectivity index (χ0v) is 7.07. The number of nitrogens with zero attached hydrogens (tertiary/aromatic N) is 1. The lowest BCUT2D eigenvalue weighted by Gasteiger charge is -2.00. The lowest BCUT2D eigenvalue weighted by molar-refractivity contribution is 1.32. The van der Waals surface area contributed by atoms with Crippen molar-refractivity contribution in [2.75, 3.05) is 5.73 Å². The first kappa shape index (κ1) is 7.80. The Balaban J connectivity index is 2.48. The van der Waals surface area contributed by atoms with Gasteiger partial charge in [-0.2, -0.15) is 0 Å². The van der Waals surface area contributed by atoms with E-state index in [1.807, 2.05) is 36.4 Å². The van der Waals surface area contributed by atoms with Crippen LogP contribution in [0.25, 0.3) is 11.3 Å². The van der Waals surface area contributed by atoms with Gasteiger partial charge in [0.1, 0.15) is 0 Å². The summed E-state index contributed by atoms with van der Waals surface area (Å²) in [5, 5.41) is 0. The topological polar surface area (TPSA) is 38.9 Å². The number of aromatic nitrogens is 1. The van der Waals surface area contributed by atoms with Gasteiger partial charge in [0.2, 0.25) is 0 Å². The molecule has 1 aromatic carbocycles. The van der Waals surface area contributed by atoms with Crippen LogP contribution < -0.4 is 5.73 Å². The van der Waals surface area contributed by atoms with Gasteiger partial charge in [0.25, 0.3) is 0 Å². The van der Waals surface area contributed by atoms with Crippen LogP contribution in [0.3, 0.4) is 0 Å². The molecular formula is C11H9N2. The molecule has 2 aromatic rings. The number of rotatable bonds is 1. The molecule has 2 N–H and O–H groups in total. The third-order valence-electron chi connectivity index (χ3n) is 1.80. The summed E-state index contributed by atoms with van der Waals surface area (Å²) in [6.07, 6.45) is 1.65.